The second-order valence-electron chi connectivity index (χ2n) is 6.06. The highest BCUT2D eigenvalue weighted by Crippen LogP contribution is 2.13. The van der Waals surface area contributed by atoms with E-state index in [0.29, 0.717) is 11.2 Å². The van der Waals surface area contributed by atoms with Crippen LogP contribution in [0.3, 0.4) is 0 Å². The van der Waals surface area contributed by atoms with Gasteiger partial charge in [-0.2, -0.15) is 0 Å². The molecule has 5 heteroatoms. The SMILES string of the molecule is COc1cccc(C[NH+](C)[C@@H](C)c2nc3ccccc3c(=O)[nH]2)c1. The third kappa shape index (κ3) is 3.31. The monoisotopic (exact) mass is 324 g/mol. The van der Waals surface area contributed by atoms with Crippen LogP contribution >= 0.6 is 0 Å². The lowest BCUT2D eigenvalue weighted by molar-refractivity contribution is -0.924. The Morgan fingerprint density at radius 3 is 2.79 bits per heavy atom. The van der Waals surface area contributed by atoms with E-state index in [-0.39, 0.29) is 11.6 Å². The maximum absolute atomic E-state index is 12.2. The summed E-state index contributed by atoms with van der Waals surface area (Å²) in [4.78, 5) is 21.0. The van der Waals surface area contributed by atoms with Crippen molar-refractivity contribution in [2.24, 2.45) is 0 Å². The number of H-pyrrole nitrogens is 1. The molecule has 0 aliphatic carbocycles. The minimum atomic E-state index is -0.0865. The number of hydrogen-bond donors (Lipinski definition) is 2. The molecule has 0 aliphatic rings. The van der Waals surface area contributed by atoms with Gasteiger partial charge in [-0.1, -0.05) is 24.3 Å². The molecule has 0 saturated carbocycles. The number of nitrogens with one attached hydrogen (secondary N) is 2. The first kappa shape index (κ1) is 16.2. The molecule has 3 rings (SSSR count). The Morgan fingerprint density at radius 1 is 1.21 bits per heavy atom. The standard InChI is InChI=1S/C19H21N3O2/c1-13(22(2)12-14-7-6-8-15(11-14)24-3)18-20-17-10-5-4-9-16(17)19(23)21-18/h4-11,13H,12H2,1-3H3,(H,20,21,23)/p+1/t13-/m0/s1. The third-order valence-electron chi connectivity index (χ3n) is 4.40. The molecule has 0 saturated heterocycles. The summed E-state index contributed by atoms with van der Waals surface area (Å²) < 4.78 is 5.28. The maximum atomic E-state index is 12.2. The minimum absolute atomic E-state index is 0.0634. The second-order valence-corrected chi connectivity index (χ2v) is 6.06. The molecular weight excluding hydrogens is 302 g/mol. The fourth-order valence-corrected chi connectivity index (χ4v) is 2.80. The first-order valence-corrected chi connectivity index (χ1v) is 8.02. The lowest BCUT2D eigenvalue weighted by Crippen LogP contribution is -3.07. The van der Waals surface area contributed by atoms with Crippen LogP contribution in [0.2, 0.25) is 0 Å². The first-order chi connectivity index (χ1) is 11.6. The quantitative estimate of drug-likeness (QED) is 0.751. The van der Waals surface area contributed by atoms with Crippen LogP contribution < -0.4 is 15.2 Å². The molecule has 5 nitrogen and oxygen atoms in total. The zero-order valence-corrected chi connectivity index (χ0v) is 14.2. The summed E-state index contributed by atoms with van der Waals surface area (Å²) in [6.45, 7) is 2.89. The van der Waals surface area contributed by atoms with Crippen molar-refractivity contribution in [2.45, 2.75) is 19.5 Å². The molecule has 2 atom stereocenters. The van der Waals surface area contributed by atoms with E-state index in [4.69, 9.17) is 4.74 Å². The predicted molar refractivity (Wildman–Crippen MR) is 94.4 cm³/mol. The van der Waals surface area contributed by atoms with Crippen LogP contribution in [0, 0.1) is 0 Å². The summed E-state index contributed by atoms with van der Waals surface area (Å²) in [6.07, 6.45) is 0. The van der Waals surface area contributed by atoms with Crippen molar-refractivity contribution in [3.8, 4) is 5.75 Å². The van der Waals surface area contributed by atoms with Crippen molar-refractivity contribution >= 4 is 10.9 Å². The number of ether oxygens (including phenoxy) is 1. The molecule has 0 fully saturated rings. The van der Waals surface area contributed by atoms with Gasteiger partial charge in [0.1, 0.15) is 18.3 Å². The number of para-hydroxylation sites is 1. The maximum Gasteiger partial charge on any atom is 0.258 e. The van der Waals surface area contributed by atoms with Crippen molar-refractivity contribution in [3.05, 3.63) is 70.3 Å². The van der Waals surface area contributed by atoms with Gasteiger partial charge in [-0.05, 0) is 31.2 Å². The molecule has 2 N–H and O–H groups in total. The molecule has 124 valence electrons. The lowest BCUT2D eigenvalue weighted by atomic mass is 10.1. The van der Waals surface area contributed by atoms with Crippen molar-refractivity contribution in [1.29, 1.82) is 0 Å². The summed E-state index contributed by atoms with van der Waals surface area (Å²) >= 11 is 0. The molecule has 1 unspecified atom stereocenters. The highest BCUT2D eigenvalue weighted by molar-refractivity contribution is 5.77. The van der Waals surface area contributed by atoms with Crippen LogP contribution in [0.15, 0.2) is 53.3 Å². The predicted octanol–water partition coefficient (Wildman–Crippen LogP) is 1.71. The average Bonchev–Trinajstić information content (AvgIpc) is 2.61. The van der Waals surface area contributed by atoms with Gasteiger partial charge in [-0.25, -0.2) is 4.98 Å². The van der Waals surface area contributed by atoms with E-state index in [1.165, 1.54) is 10.5 Å². The van der Waals surface area contributed by atoms with Gasteiger partial charge in [0.05, 0.1) is 25.1 Å². The first-order valence-electron chi connectivity index (χ1n) is 8.02. The van der Waals surface area contributed by atoms with E-state index < -0.39 is 0 Å². The Labute approximate surface area is 140 Å². The molecular formula is C19H22N3O2+. The van der Waals surface area contributed by atoms with E-state index in [2.05, 4.69) is 30.0 Å². The Bertz CT molecular complexity index is 904. The van der Waals surface area contributed by atoms with E-state index >= 15 is 0 Å². The molecule has 0 amide bonds. The van der Waals surface area contributed by atoms with Crippen LogP contribution in [0.5, 0.6) is 5.75 Å². The van der Waals surface area contributed by atoms with Gasteiger partial charge >= 0.3 is 0 Å². The number of rotatable bonds is 5. The molecule has 24 heavy (non-hydrogen) atoms. The van der Waals surface area contributed by atoms with Crippen molar-refractivity contribution < 1.29 is 9.64 Å². The van der Waals surface area contributed by atoms with Crippen molar-refractivity contribution in [1.82, 2.24) is 9.97 Å². The van der Waals surface area contributed by atoms with Gasteiger partial charge in [0.25, 0.3) is 5.56 Å². The minimum Gasteiger partial charge on any atom is -0.497 e. The van der Waals surface area contributed by atoms with Gasteiger partial charge in [-0.3, -0.25) is 4.79 Å². The van der Waals surface area contributed by atoms with E-state index in [9.17, 15) is 4.79 Å². The van der Waals surface area contributed by atoms with Crippen molar-refractivity contribution in [3.63, 3.8) is 0 Å². The van der Waals surface area contributed by atoms with E-state index in [1.807, 2.05) is 36.4 Å². The normalized spacial score (nSPS) is 13.6. The molecule has 1 heterocycles. The van der Waals surface area contributed by atoms with Crippen LogP contribution in [0.4, 0.5) is 0 Å². The number of nitrogens with zero attached hydrogens (tertiary/aromatic N) is 1. The third-order valence-corrected chi connectivity index (χ3v) is 4.40. The fraction of sp³-hybridized carbons (Fsp3) is 0.263. The number of fused-ring (bicyclic) bond motifs is 1. The number of aromatic nitrogens is 2. The largest absolute Gasteiger partial charge is 0.497 e. The number of quaternary nitrogens is 1. The highest BCUT2D eigenvalue weighted by Gasteiger charge is 2.19. The van der Waals surface area contributed by atoms with Crippen LogP contribution in [0.1, 0.15) is 24.4 Å². The van der Waals surface area contributed by atoms with E-state index in [1.54, 1.807) is 13.2 Å². The van der Waals surface area contributed by atoms with E-state index in [0.717, 1.165) is 17.8 Å². The van der Waals surface area contributed by atoms with Crippen LogP contribution in [-0.4, -0.2) is 24.1 Å². The molecule has 0 spiro atoms. The van der Waals surface area contributed by atoms with Gasteiger partial charge in [0.2, 0.25) is 0 Å². The highest BCUT2D eigenvalue weighted by atomic mass is 16.5. The summed E-state index contributed by atoms with van der Waals surface area (Å²) in [5.74, 6) is 1.56. The second kappa shape index (κ2) is 6.84. The smallest absolute Gasteiger partial charge is 0.258 e. The molecule has 3 aromatic rings. The Kier molecular flexibility index (Phi) is 4.62. The Balaban J connectivity index is 1.85. The summed E-state index contributed by atoms with van der Waals surface area (Å²) in [5, 5.41) is 0.624. The van der Waals surface area contributed by atoms with Gasteiger partial charge in [0, 0.05) is 5.56 Å². The number of benzene rings is 2. The van der Waals surface area contributed by atoms with Crippen molar-refractivity contribution in [2.75, 3.05) is 14.2 Å². The average molecular weight is 324 g/mol. The molecule has 0 bridgehead atoms. The van der Waals surface area contributed by atoms with Gasteiger partial charge in [0.15, 0.2) is 5.82 Å². The van der Waals surface area contributed by atoms with Gasteiger partial charge < -0.3 is 14.6 Å². The molecule has 0 aliphatic heterocycles. The van der Waals surface area contributed by atoms with Crippen LogP contribution in [0.25, 0.3) is 10.9 Å². The zero-order valence-electron chi connectivity index (χ0n) is 14.2. The summed E-state index contributed by atoms with van der Waals surface area (Å²) in [5.41, 5.74) is 1.83. The molecule has 0 radical (unpaired) electrons. The number of aromatic amines is 1. The lowest BCUT2D eigenvalue weighted by Gasteiger charge is -2.21. The number of methoxy groups -OCH3 is 1. The zero-order chi connectivity index (χ0) is 17.1. The molecule has 1 aromatic heterocycles. The number of hydrogen-bond acceptors (Lipinski definition) is 3. The molecule has 2 aromatic carbocycles. The fourth-order valence-electron chi connectivity index (χ4n) is 2.80. The Morgan fingerprint density at radius 2 is 2.00 bits per heavy atom. The summed E-state index contributed by atoms with van der Waals surface area (Å²) in [7, 11) is 3.77. The Hall–Kier alpha value is -2.66. The van der Waals surface area contributed by atoms with Crippen LogP contribution in [-0.2, 0) is 6.54 Å². The topological polar surface area (TPSA) is 59.4 Å². The summed E-state index contributed by atoms with van der Waals surface area (Å²) in [6, 6.07) is 15.5. The van der Waals surface area contributed by atoms with Gasteiger partial charge in [-0.15, -0.1) is 0 Å².